The molecule has 5 heteroatoms. The molecule has 0 aliphatic carbocycles. The van der Waals surface area contributed by atoms with Crippen molar-refractivity contribution in [2.45, 2.75) is 85.0 Å². The highest BCUT2D eigenvalue weighted by molar-refractivity contribution is 5.65. The van der Waals surface area contributed by atoms with Gasteiger partial charge in [-0.25, -0.2) is 0 Å². The van der Waals surface area contributed by atoms with Crippen molar-refractivity contribution in [3.8, 4) is 23.0 Å². The zero-order valence-electron chi connectivity index (χ0n) is 20.4. The molecule has 1 atom stereocenters. The summed E-state index contributed by atoms with van der Waals surface area (Å²) in [5.74, 6) is 1.10. The molecule has 0 bridgehead atoms. The number of rotatable bonds is 18. The largest absolute Gasteiger partial charge is 0.464 e. The zero-order chi connectivity index (χ0) is 22.9. The molecular formula is C27H42N2O3. The van der Waals surface area contributed by atoms with Crippen LogP contribution in [-0.2, 0) is 4.74 Å². The highest BCUT2D eigenvalue weighted by Gasteiger charge is 2.13. The standard InChI is InChI=1S/C27H42N2O3/c1-4-6-8-10-15-19-30-22-32-25-20-28-27(29-26(25)24-17-13-11-14-18-24)31-21-23(3)16-12-9-7-5-2/h11,13-14,17-18,20,23H,4-10,12,15-16,19,21-22H2,1-3H3. The molecule has 0 amide bonds. The molecule has 0 fully saturated rings. The lowest BCUT2D eigenvalue weighted by molar-refractivity contribution is 0.0133. The number of hydrogen-bond acceptors (Lipinski definition) is 5. The molecule has 1 aromatic heterocycles. The first-order chi connectivity index (χ1) is 15.7. The lowest BCUT2D eigenvalue weighted by atomic mass is 10.0. The molecule has 178 valence electrons. The summed E-state index contributed by atoms with van der Waals surface area (Å²) in [5, 5.41) is 0. The van der Waals surface area contributed by atoms with Crippen molar-refractivity contribution >= 4 is 0 Å². The second-order valence-corrected chi connectivity index (χ2v) is 8.58. The van der Waals surface area contributed by atoms with E-state index in [9.17, 15) is 0 Å². The maximum Gasteiger partial charge on any atom is 0.317 e. The minimum absolute atomic E-state index is 0.200. The van der Waals surface area contributed by atoms with Gasteiger partial charge in [0.15, 0.2) is 12.5 Å². The van der Waals surface area contributed by atoms with Crippen molar-refractivity contribution in [2.75, 3.05) is 20.0 Å². The Kier molecular flexibility index (Phi) is 13.5. The van der Waals surface area contributed by atoms with Gasteiger partial charge in [-0.2, -0.15) is 9.97 Å². The summed E-state index contributed by atoms with van der Waals surface area (Å²) in [7, 11) is 0. The molecule has 0 spiro atoms. The monoisotopic (exact) mass is 442 g/mol. The summed E-state index contributed by atoms with van der Waals surface area (Å²) in [4.78, 5) is 9.04. The van der Waals surface area contributed by atoms with Crippen LogP contribution < -0.4 is 9.47 Å². The van der Waals surface area contributed by atoms with E-state index in [0.29, 0.717) is 30.9 Å². The van der Waals surface area contributed by atoms with E-state index in [1.165, 1.54) is 57.8 Å². The van der Waals surface area contributed by atoms with Crippen LogP contribution in [0.1, 0.15) is 85.0 Å². The van der Waals surface area contributed by atoms with E-state index in [1.807, 2.05) is 30.3 Å². The van der Waals surface area contributed by atoms with E-state index < -0.39 is 0 Å². The summed E-state index contributed by atoms with van der Waals surface area (Å²) >= 11 is 0. The quantitative estimate of drug-likeness (QED) is 0.177. The minimum atomic E-state index is 0.200. The fraction of sp³-hybridized carbons (Fsp3) is 0.630. The molecule has 0 saturated heterocycles. The maximum atomic E-state index is 5.92. The third-order valence-electron chi connectivity index (χ3n) is 5.52. The van der Waals surface area contributed by atoms with Crippen molar-refractivity contribution in [1.82, 2.24) is 9.97 Å². The van der Waals surface area contributed by atoms with Gasteiger partial charge < -0.3 is 14.2 Å². The summed E-state index contributed by atoms with van der Waals surface area (Å²) in [6.07, 6.45) is 14.1. The van der Waals surface area contributed by atoms with Gasteiger partial charge in [0.1, 0.15) is 5.69 Å². The first-order valence-corrected chi connectivity index (χ1v) is 12.5. The van der Waals surface area contributed by atoms with Gasteiger partial charge in [-0.05, 0) is 18.8 Å². The highest BCUT2D eigenvalue weighted by Crippen LogP contribution is 2.29. The highest BCUT2D eigenvalue weighted by atomic mass is 16.7. The predicted octanol–water partition coefficient (Wildman–Crippen LogP) is 7.45. The van der Waals surface area contributed by atoms with Crippen molar-refractivity contribution in [1.29, 1.82) is 0 Å². The van der Waals surface area contributed by atoms with Crippen molar-refractivity contribution in [2.24, 2.45) is 5.92 Å². The van der Waals surface area contributed by atoms with Crippen molar-refractivity contribution < 1.29 is 14.2 Å². The average molecular weight is 443 g/mol. The Labute approximate surface area is 194 Å². The van der Waals surface area contributed by atoms with E-state index >= 15 is 0 Å². The SMILES string of the molecule is CCCCCCCOCOc1cnc(OCC(C)CCCCCC)nc1-c1ccccc1. The van der Waals surface area contributed by atoms with Crippen LogP contribution in [0.5, 0.6) is 11.8 Å². The zero-order valence-corrected chi connectivity index (χ0v) is 20.4. The Morgan fingerprint density at radius 1 is 0.844 bits per heavy atom. The summed E-state index contributed by atoms with van der Waals surface area (Å²) in [6, 6.07) is 10.4. The molecule has 2 aromatic rings. The summed E-state index contributed by atoms with van der Waals surface area (Å²) in [5.41, 5.74) is 1.71. The second-order valence-electron chi connectivity index (χ2n) is 8.58. The molecule has 0 aliphatic heterocycles. The van der Waals surface area contributed by atoms with Crippen LogP contribution in [0, 0.1) is 5.92 Å². The Balaban J connectivity index is 1.88. The molecule has 0 radical (unpaired) electrons. The van der Waals surface area contributed by atoms with E-state index in [-0.39, 0.29) is 6.79 Å². The van der Waals surface area contributed by atoms with Gasteiger partial charge in [-0.3, -0.25) is 0 Å². The van der Waals surface area contributed by atoms with Crippen molar-refractivity contribution in [3.63, 3.8) is 0 Å². The molecule has 1 aromatic carbocycles. The molecule has 32 heavy (non-hydrogen) atoms. The van der Waals surface area contributed by atoms with E-state index in [4.69, 9.17) is 14.2 Å². The fourth-order valence-electron chi connectivity index (χ4n) is 3.52. The van der Waals surface area contributed by atoms with Crippen LogP contribution in [0.3, 0.4) is 0 Å². The average Bonchev–Trinajstić information content (AvgIpc) is 2.83. The molecule has 0 aliphatic rings. The summed E-state index contributed by atoms with van der Waals surface area (Å²) < 4.78 is 17.5. The normalized spacial score (nSPS) is 12.0. The molecule has 1 unspecified atom stereocenters. The Bertz CT molecular complexity index is 724. The van der Waals surface area contributed by atoms with E-state index in [2.05, 4.69) is 30.7 Å². The van der Waals surface area contributed by atoms with Crippen LogP contribution in [-0.4, -0.2) is 30.0 Å². The number of nitrogens with zero attached hydrogens (tertiary/aromatic N) is 2. The molecule has 1 heterocycles. The van der Waals surface area contributed by atoms with Gasteiger partial charge in [0, 0.05) is 5.56 Å². The Morgan fingerprint density at radius 2 is 1.56 bits per heavy atom. The van der Waals surface area contributed by atoms with Crippen LogP contribution in [0.4, 0.5) is 0 Å². The molecule has 2 rings (SSSR count). The lowest BCUT2D eigenvalue weighted by Crippen LogP contribution is -2.11. The second kappa shape index (κ2) is 16.5. The van der Waals surface area contributed by atoms with Gasteiger partial charge >= 0.3 is 6.01 Å². The fourth-order valence-corrected chi connectivity index (χ4v) is 3.52. The van der Waals surface area contributed by atoms with Crippen LogP contribution >= 0.6 is 0 Å². The number of benzene rings is 1. The Hall–Kier alpha value is -2.14. The topological polar surface area (TPSA) is 53.5 Å². The van der Waals surface area contributed by atoms with Gasteiger partial charge in [0.05, 0.1) is 19.4 Å². The van der Waals surface area contributed by atoms with Gasteiger partial charge in [0.2, 0.25) is 0 Å². The third-order valence-corrected chi connectivity index (χ3v) is 5.52. The molecule has 0 N–H and O–H groups in total. The number of unbranched alkanes of at least 4 members (excludes halogenated alkanes) is 7. The maximum absolute atomic E-state index is 5.92. The first kappa shape index (κ1) is 26.1. The van der Waals surface area contributed by atoms with Gasteiger partial charge in [0.25, 0.3) is 0 Å². The molecule has 0 saturated carbocycles. The minimum Gasteiger partial charge on any atom is -0.464 e. The van der Waals surface area contributed by atoms with Crippen LogP contribution in [0.25, 0.3) is 11.3 Å². The van der Waals surface area contributed by atoms with Gasteiger partial charge in [-0.1, -0.05) is 102 Å². The first-order valence-electron chi connectivity index (χ1n) is 12.5. The number of hydrogen-bond donors (Lipinski definition) is 0. The van der Waals surface area contributed by atoms with Crippen LogP contribution in [0.2, 0.25) is 0 Å². The van der Waals surface area contributed by atoms with Gasteiger partial charge in [-0.15, -0.1) is 0 Å². The van der Waals surface area contributed by atoms with E-state index in [0.717, 1.165) is 17.7 Å². The lowest BCUT2D eigenvalue weighted by Gasteiger charge is -2.14. The molecule has 5 nitrogen and oxygen atoms in total. The predicted molar refractivity (Wildman–Crippen MR) is 131 cm³/mol. The number of aromatic nitrogens is 2. The molecular weight excluding hydrogens is 400 g/mol. The van der Waals surface area contributed by atoms with Crippen molar-refractivity contribution in [3.05, 3.63) is 36.5 Å². The number of ether oxygens (including phenoxy) is 3. The van der Waals surface area contributed by atoms with Crippen LogP contribution in [0.15, 0.2) is 36.5 Å². The smallest absolute Gasteiger partial charge is 0.317 e. The Morgan fingerprint density at radius 3 is 2.31 bits per heavy atom. The summed E-state index contributed by atoms with van der Waals surface area (Å²) in [6.45, 7) is 8.22. The third kappa shape index (κ3) is 10.4. The van der Waals surface area contributed by atoms with E-state index in [1.54, 1.807) is 6.20 Å².